The third-order valence-electron chi connectivity index (χ3n) is 4.53. The number of hydrogen-bond donors (Lipinski definition) is 0. The first-order chi connectivity index (χ1) is 10.9. The average Bonchev–Trinajstić information content (AvgIpc) is 3.06. The molecule has 1 atom stereocenters. The first-order valence-corrected chi connectivity index (χ1v) is 9.12. The van der Waals surface area contributed by atoms with Crippen LogP contribution in [0.5, 0.6) is 0 Å². The standard InChI is InChI=1S/C17H23N3OS/c1-2-14(1)11-21-12-16-8-19(7-15-3-6-22-13-15)10-17-18-4-5-20(17)9-16/h3-6,13-14,16H,1-2,7-12H2/t16-/m0/s1. The molecular formula is C17H23N3OS. The maximum atomic E-state index is 5.97. The quantitative estimate of drug-likeness (QED) is 0.820. The van der Waals surface area contributed by atoms with Gasteiger partial charge in [-0.1, -0.05) is 0 Å². The Labute approximate surface area is 135 Å². The fraction of sp³-hybridized carbons (Fsp3) is 0.588. The van der Waals surface area contributed by atoms with Gasteiger partial charge in [0.25, 0.3) is 0 Å². The van der Waals surface area contributed by atoms with E-state index >= 15 is 0 Å². The maximum Gasteiger partial charge on any atom is 0.122 e. The summed E-state index contributed by atoms with van der Waals surface area (Å²) in [5.41, 5.74) is 1.41. The molecule has 0 bridgehead atoms. The van der Waals surface area contributed by atoms with Crippen molar-refractivity contribution in [1.29, 1.82) is 0 Å². The fourth-order valence-corrected chi connectivity index (χ4v) is 3.84. The first kappa shape index (κ1) is 14.4. The zero-order valence-corrected chi connectivity index (χ0v) is 13.7. The zero-order valence-electron chi connectivity index (χ0n) is 12.9. The molecule has 4 rings (SSSR count). The van der Waals surface area contributed by atoms with Crippen LogP contribution in [0.2, 0.25) is 0 Å². The van der Waals surface area contributed by atoms with Crippen LogP contribution in [0.25, 0.3) is 0 Å². The monoisotopic (exact) mass is 317 g/mol. The van der Waals surface area contributed by atoms with Crippen molar-refractivity contribution < 1.29 is 4.74 Å². The van der Waals surface area contributed by atoms with Crippen LogP contribution in [0.1, 0.15) is 24.2 Å². The first-order valence-electron chi connectivity index (χ1n) is 8.18. The van der Waals surface area contributed by atoms with E-state index in [-0.39, 0.29) is 0 Å². The summed E-state index contributed by atoms with van der Waals surface area (Å²) in [6.07, 6.45) is 6.75. The number of thiophene rings is 1. The molecule has 0 radical (unpaired) electrons. The molecule has 1 aliphatic carbocycles. The van der Waals surface area contributed by atoms with Crippen molar-refractivity contribution in [1.82, 2.24) is 14.5 Å². The summed E-state index contributed by atoms with van der Waals surface area (Å²) >= 11 is 1.77. The van der Waals surface area contributed by atoms with Gasteiger partial charge >= 0.3 is 0 Å². The van der Waals surface area contributed by atoms with Crippen LogP contribution in [0.15, 0.2) is 29.2 Å². The minimum absolute atomic E-state index is 0.549. The van der Waals surface area contributed by atoms with Crippen LogP contribution in [-0.2, 0) is 24.4 Å². The summed E-state index contributed by atoms with van der Waals surface area (Å²) in [6, 6.07) is 2.22. The Bertz CT molecular complexity index is 591. The lowest BCUT2D eigenvalue weighted by molar-refractivity contribution is 0.0705. The molecule has 22 heavy (non-hydrogen) atoms. The van der Waals surface area contributed by atoms with Crippen molar-refractivity contribution in [2.24, 2.45) is 11.8 Å². The summed E-state index contributed by atoms with van der Waals surface area (Å²) in [7, 11) is 0. The largest absolute Gasteiger partial charge is 0.381 e. The van der Waals surface area contributed by atoms with Gasteiger partial charge in [-0.25, -0.2) is 4.98 Å². The smallest absolute Gasteiger partial charge is 0.122 e. The van der Waals surface area contributed by atoms with Crippen molar-refractivity contribution in [2.45, 2.75) is 32.5 Å². The van der Waals surface area contributed by atoms with E-state index in [0.717, 1.165) is 45.3 Å². The van der Waals surface area contributed by atoms with E-state index in [1.807, 2.05) is 6.20 Å². The SMILES string of the molecule is c1cn2c(n1)CN(Cc1ccsc1)C[C@H](COCC1CC1)C2. The Morgan fingerprint density at radius 1 is 1.23 bits per heavy atom. The van der Waals surface area contributed by atoms with E-state index in [0.29, 0.717) is 5.92 Å². The van der Waals surface area contributed by atoms with Gasteiger partial charge in [-0.15, -0.1) is 0 Å². The van der Waals surface area contributed by atoms with Crippen LogP contribution in [0.4, 0.5) is 0 Å². The average molecular weight is 317 g/mol. The molecule has 0 saturated heterocycles. The fourth-order valence-electron chi connectivity index (χ4n) is 3.18. The maximum absolute atomic E-state index is 5.97. The van der Waals surface area contributed by atoms with E-state index in [2.05, 4.69) is 37.5 Å². The highest BCUT2D eigenvalue weighted by Crippen LogP contribution is 2.29. The second kappa shape index (κ2) is 6.52. The molecule has 118 valence electrons. The molecule has 3 heterocycles. The summed E-state index contributed by atoms with van der Waals surface area (Å²) < 4.78 is 8.27. The van der Waals surface area contributed by atoms with Gasteiger partial charge in [0.2, 0.25) is 0 Å². The van der Waals surface area contributed by atoms with Crippen molar-refractivity contribution in [3.63, 3.8) is 0 Å². The summed E-state index contributed by atoms with van der Waals surface area (Å²) in [6.45, 7) is 5.88. The molecule has 1 aliphatic heterocycles. The van der Waals surface area contributed by atoms with Crippen molar-refractivity contribution in [2.75, 3.05) is 19.8 Å². The molecule has 0 N–H and O–H groups in total. The Morgan fingerprint density at radius 2 is 2.14 bits per heavy atom. The van der Waals surface area contributed by atoms with Gasteiger partial charge in [0.1, 0.15) is 5.82 Å². The van der Waals surface area contributed by atoms with Crippen molar-refractivity contribution in [3.05, 3.63) is 40.6 Å². The molecule has 0 unspecified atom stereocenters. The van der Waals surface area contributed by atoms with E-state index in [1.54, 1.807) is 11.3 Å². The third-order valence-corrected chi connectivity index (χ3v) is 5.26. The topological polar surface area (TPSA) is 30.3 Å². The predicted octanol–water partition coefficient (Wildman–Crippen LogP) is 3.00. The van der Waals surface area contributed by atoms with Gasteiger partial charge in [-0.05, 0) is 41.1 Å². The number of rotatable bonds is 6. The van der Waals surface area contributed by atoms with Gasteiger partial charge in [-0.2, -0.15) is 11.3 Å². The second-order valence-electron chi connectivity index (χ2n) is 6.64. The van der Waals surface area contributed by atoms with Crippen LogP contribution in [0.3, 0.4) is 0 Å². The van der Waals surface area contributed by atoms with Crippen molar-refractivity contribution >= 4 is 11.3 Å². The minimum Gasteiger partial charge on any atom is -0.381 e. The Hall–Kier alpha value is -1.17. The van der Waals surface area contributed by atoms with Gasteiger partial charge in [-0.3, -0.25) is 4.90 Å². The summed E-state index contributed by atoms with van der Waals surface area (Å²) in [5.74, 6) is 2.57. The zero-order chi connectivity index (χ0) is 14.8. The van der Waals surface area contributed by atoms with Gasteiger partial charge in [0.15, 0.2) is 0 Å². The minimum atomic E-state index is 0.549. The van der Waals surface area contributed by atoms with Crippen LogP contribution >= 0.6 is 11.3 Å². The molecule has 1 saturated carbocycles. The molecule has 0 spiro atoms. The summed E-state index contributed by atoms with van der Waals surface area (Å²) in [4.78, 5) is 7.05. The number of aromatic nitrogens is 2. The molecule has 2 aromatic rings. The van der Waals surface area contributed by atoms with Crippen LogP contribution < -0.4 is 0 Å². The number of nitrogens with zero attached hydrogens (tertiary/aromatic N) is 3. The van der Waals surface area contributed by atoms with E-state index in [9.17, 15) is 0 Å². The van der Waals surface area contributed by atoms with E-state index in [4.69, 9.17) is 4.74 Å². The molecule has 0 amide bonds. The number of fused-ring (bicyclic) bond motifs is 1. The lowest BCUT2D eigenvalue weighted by atomic mass is 10.1. The molecule has 2 aromatic heterocycles. The molecule has 1 fully saturated rings. The summed E-state index contributed by atoms with van der Waals surface area (Å²) in [5, 5.41) is 4.40. The third kappa shape index (κ3) is 3.59. The molecule has 2 aliphatic rings. The second-order valence-corrected chi connectivity index (χ2v) is 7.42. The highest BCUT2D eigenvalue weighted by molar-refractivity contribution is 7.07. The lowest BCUT2D eigenvalue weighted by Gasteiger charge is -2.23. The number of ether oxygens (including phenoxy) is 1. The Morgan fingerprint density at radius 3 is 2.95 bits per heavy atom. The van der Waals surface area contributed by atoms with E-state index in [1.165, 1.54) is 24.2 Å². The van der Waals surface area contributed by atoms with Gasteiger partial charge < -0.3 is 9.30 Å². The molecule has 0 aromatic carbocycles. The van der Waals surface area contributed by atoms with Crippen LogP contribution in [-0.4, -0.2) is 34.2 Å². The molecular weight excluding hydrogens is 294 g/mol. The predicted molar refractivity (Wildman–Crippen MR) is 87.7 cm³/mol. The van der Waals surface area contributed by atoms with Crippen LogP contribution in [0, 0.1) is 11.8 Å². The normalized spacial score (nSPS) is 22.5. The molecule has 4 nitrogen and oxygen atoms in total. The molecule has 5 heteroatoms. The highest BCUT2D eigenvalue weighted by atomic mass is 32.1. The van der Waals surface area contributed by atoms with Gasteiger partial charge in [0, 0.05) is 44.6 Å². The Balaban J connectivity index is 1.42. The van der Waals surface area contributed by atoms with Gasteiger partial charge in [0.05, 0.1) is 13.2 Å². The Kier molecular flexibility index (Phi) is 4.28. The lowest BCUT2D eigenvalue weighted by Crippen LogP contribution is -2.30. The number of imidazole rings is 1. The number of hydrogen-bond acceptors (Lipinski definition) is 4. The van der Waals surface area contributed by atoms with Crippen molar-refractivity contribution in [3.8, 4) is 0 Å². The van der Waals surface area contributed by atoms with E-state index < -0.39 is 0 Å². The highest BCUT2D eigenvalue weighted by Gasteiger charge is 2.25.